The van der Waals surface area contributed by atoms with Gasteiger partial charge < -0.3 is 5.73 Å². The number of benzene rings is 1. The fourth-order valence-corrected chi connectivity index (χ4v) is 0.993. The van der Waals surface area contributed by atoms with Gasteiger partial charge in [-0.1, -0.05) is 18.2 Å². The van der Waals surface area contributed by atoms with Crippen LogP contribution in [0.15, 0.2) is 30.3 Å². The van der Waals surface area contributed by atoms with Crippen molar-refractivity contribution in [3.05, 3.63) is 30.3 Å². The molecule has 0 unspecified atom stereocenters. The lowest BCUT2D eigenvalue weighted by Crippen LogP contribution is -2.46. The molecule has 0 saturated carbocycles. The molecule has 1 aromatic carbocycles. The molecule has 0 heterocycles. The van der Waals surface area contributed by atoms with Gasteiger partial charge in [0.1, 0.15) is 0 Å². The summed E-state index contributed by atoms with van der Waals surface area (Å²) in [5, 5.41) is 15.6. The lowest BCUT2D eigenvalue weighted by atomic mass is 10.3. The van der Waals surface area contributed by atoms with E-state index in [1.165, 1.54) is 5.48 Å². The van der Waals surface area contributed by atoms with Crippen molar-refractivity contribution >= 4 is 17.7 Å². The summed E-state index contributed by atoms with van der Waals surface area (Å²) in [4.78, 5) is 11.9. The maximum Gasteiger partial charge on any atom is 0.352 e. The highest BCUT2D eigenvalue weighted by molar-refractivity contribution is 6.13. The van der Waals surface area contributed by atoms with Crippen LogP contribution in [0.3, 0.4) is 0 Å². The van der Waals surface area contributed by atoms with E-state index in [0.29, 0.717) is 5.69 Å². The Kier molecular flexibility index (Phi) is 3.03. The third-order valence-corrected chi connectivity index (χ3v) is 1.55. The maximum absolute atomic E-state index is 11.1. The monoisotopic (exact) mass is 194 g/mol. The first-order chi connectivity index (χ1) is 6.66. The van der Waals surface area contributed by atoms with Crippen LogP contribution in [-0.4, -0.2) is 17.2 Å². The van der Waals surface area contributed by atoms with Gasteiger partial charge in [-0.15, -0.1) is 0 Å². The zero-order valence-electron chi connectivity index (χ0n) is 7.27. The highest BCUT2D eigenvalue weighted by Gasteiger charge is 2.17. The van der Waals surface area contributed by atoms with Crippen molar-refractivity contribution in [3.8, 4) is 0 Å². The number of urea groups is 1. The Balaban J connectivity index is 3.01. The van der Waals surface area contributed by atoms with Crippen LogP contribution in [0.2, 0.25) is 0 Å². The number of carbonyl (C=O) groups is 1. The van der Waals surface area contributed by atoms with Crippen molar-refractivity contribution in [1.82, 2.24) is 5.48 Å². The molecule has 6 nitrogen and oxygen atoms in total. The normalized spacial score (nSPS) is 9.21. The molecule has 14 heavy (non-hydrogen) atoms. The van der Waals surface area contributed by atoms with Crippen molar-refractivity contribution in [2.45, 2.75) is 0 Å². The van der Waals surface area contributed by atoms with Crippen LogP contribution in [0.5, 0.6) is 0 Å². The van der Waals surface area contributed by atoms with Crippen LogP contribution in [0.25, 0.3) is 0 Å². The third-order valence-electron chi connectivity index (χ3n) is 1.55. The number of carbonyl (C=O) groups excluding carboxylic acids is 1. The highest BCUT2D eigenvalue weighted by Crippen LogP contribution is 2.12. The average Bonchev–Trinajstić information content (AvgIpc) is 2.19. The van der Waals surface area contributed by atoms with Crippen molar-refractivity contribution in [3.63, 3.8) is 0 Å². The van der Waals surface area contributed by atoms with Crippen molar-refractivity contribution < 1.29 is 10.0 Å². The Morgan fingerprint density at radius 1 is 1.43 bits per heavy atom. The number of nitrogens with one attached hydrogen (secondary N) is 2. The van der Waals surface area contributed by atoms with Gasteiger partial charge in [0.15, 0.2) is 0 Å². The second-order valence-corrected chi connectivity index (χ2v) is 2.47. The zero-order valence-corrected chi connectivity index (χ0v) is 7.27. The molecule has 0 aliphatic carbocycles. The Morgan fingerprint density at radius 2 is 2.00 bits per heavy atom. The molecule has 0 aromatic heterocycles. The van der Waals surface area contributed by atoms with E-state index in [1.807, 2.05) is 0 Å². The second kappa shape index (κ2) is 4.24. The molecule has 0 bridgehead atoms. The Morgan fingerprint density at radius 3 is 2.43 bits per heavy atom. The molecule has 0 aliphatic rings. The van der Waals surface area contributed by atoms with E-state index < -0.39 is 12.0 Å². The van der Waals surface area contributed by atoms with Crippen LogP contribution < -0.4 is 16.1 Å². The molecule has 0 fully saturated rings. The second-order valence-electron chi connectivity index (χ2n) is 2.47. The Bertz CT molecular complexity index is 338. The summed E-state index contributed by atoms with van der Waals surface area (Å²) in [7, 11) is 0. The predicted molar refractivity (Wildman–Crippen MR) is 51.2 cm³/mol. The van der Waals surface area contributed by atoms with Crippen LogP contribution in [0, 0.1) is 5.41 Å². The van der Waals surface area contributed by atoms with E-state index in [2.05, 4.69) is 0 Å². The molecular formula is C8H10N4O2. The molecule has 5 N–H and O–H groups in total. The van der Waals surface area contributed by atoms with E-state index in [4.69, 9.17) is 16.4 Å². The van der Waals surface area contributed by atoms with Gasteiger partial charge in [-0.3, -0.25) is 10.6 Å². The smallest absolute Gasteiger partial charge is 0.352 e. The molecule has 2 amide bonds. The Labute approximate surface area is 80.4 Å². The number of guanidine groups is 1. The summed E-state index contributed by atoms with van der Waals surface area (Å²) in [6, 6.07) is 7.46. The number of hydrogen-bond donors (Lipinski definition) is 4. The molecule has 0 spiro atoms. The van der Waals surface area contributed by atoms with Gasteiger partial charge in [0.2, 0.25) is 5.96 Å². The highest BCUT2D eigenvalue weighted by atomic mass is 16.5. The van der Waals surface area contributed by atoms with E-state index in [-0.39, 0.29) is 0 Å². The fourth-order valence-electron chi connectivity index (χ4n) is 0.993. The minimum absolute atomic E-state index is 0.409. The molecule has 74 valence electrons. The number of para-hydroxylation sites is 1. The average molecular weight is 194 g/mol. The van der Waals surface area contributed by atoms with E-state index >= 15 is 0 Å². The van der Waals surface area contributed by atoms with Gasteiger partial charge in [-0.25, -0.2) is 15.2 Å². The van der Waals surface area contributed by atoms with Crippen molar-refractivity contribution in [1.29, 1.82) is 5.41 Å². The molecule has 0 radical (unpaired) electrons. The van der Waals surface area contributed by atoms with Gasteiger partial charge in [0.05, 0.1) is 5.69 Å². The maximum atomic E-state index is 11.1. The van der Waals surface area contributed by atoms with Crippen LogP contribution in [-0.2, 0) is 0 Å². The van der Waals surface area contributed by atoms with Crippen molar-refractivity contribution in [2.24, 2.45) is 5.73 Å². The molecule has 1 aromatic rings. The SMILES string of the molecule is N=C(N)N(C(=O)NO)c1ccccc1. The first-order valence-corrected chi connectivity index (χ1v) is 3.80. The summed E-state index contributed by atoms with van der Waals surface area (Å²) < 4.78 is 0. The number of hydroxylamine groups is 1. The summed E-state index contributed by atoms with van der Waals surface area (Å²) >= 11 is 0. The van der Waals surface area contributed by atoms with Crippen LogP contribution in [0.1, 0.15) is 0 Å². The van der Waals surface area contributed by atoms with Gasteiger partial charge in [0.25, 0.3) is 0 Å². The quantitative estimate of drug-likeness (QED) is 0.226. The van der Waals surface area contributed by atoms with Crippen LogP contribution >= 0.6 is 0 Å². The van der Waals surface area contributed by atoms with Gasteiger partial charge in [0, 0.05) is 0 Å². The first-order valence-electron chi connectivity index (χ1n) is 3.80. The van der Waals surface area contributed by atoms with Crippen LogP contribution in [0.4, 0.5) is 10.5 Å². The Hall–Kier alpha value is -2.08. The first kappa shape index (κ1) is 10.0. The zero-order chi connectivity index (χ0) is 10.6. The number of anilines is 1. The number of nitrogens with zero attached hydrogens (tertiary/aromatic N) is 1. The predicted octanol–water partition coefficient (Wildman–Crippen LogP) is 0.485. The lowest BCUT2D eigenvalue weighted by Gasteiger charge is -2.18. The summed E-state index contributed by atoms with van der Waals surface area (Å²) in [5.41, 5.74) is 7.00. The fraction of sp³-hybridized carbons (Fsp3) is 0. The standard InChI is InChI=1S/C8H10N4O2/c9-7(10)12(8(13)11-14)6-4-2-1-3-5-6/h1-5,14H,(H3,9,10)(H,11,13). The summed E-state index contributed by atoms with van der Waals surface area (Å²) in [6.45, 7) is 0. The molecule has 6 heteroatoms. The number of hydrogen-bond acceptors (Lipinski definition) is 3. The van der Waals surface area contributed by atoms with E-state index in [9.17, 15) is 4.79 Å². The number of amides is 2. The minimum atomic E-state index is -0.872. The molecule has 0 atom stereocenters. The number of nitrogens with two attached hydrogens (primary N) is 1. The molecule has 0 aliphatic heterocycles. The van der Waals surface area contributed by atoms with Gasteiger partial charge >= 0.3 is 6.03 Å². The molecule has 1 rings (SSSR count). The largest absolute Gasteiger partial charge is 0.369 e. The molecule has 0 saturated heterocycles. The summed E-state index contributed by atoms with van der Waals surface area (Å²) in [5.74, 6) is -0.470. The summed E-state index contributed by atoms with van der Waals surface area (Å²) in [6.07, 6.45) is 0. The minimum Gasteiger partial charge on any atom is -0.369 e. The van der Waals surface area contributed by atoms with E-state index in [0.717, 1.165) is 4.90 Å². The molecular weight excluding hydrogens is 184 g/mol. The van der Waals surface area contributed by atoms with Gasteiger partial charge in [-0.2, -0.15) is 0 Å². The number of rotatable bonds is 1. The van der Waals surface area contributed by atoms with Crippen molar-refractivity contribution in [2.75, 3.05) is 4.90 Å². The lowest BCUT2D eigenvalue weighted by molar-refractivity contribution is 0.169. The van der Waals surface area contributed by atoms with E-state index in [1.54, 1.807) is 30.3 Å². The third kappa shape index (κ3) is 1.99. The van der Waals surface area contributed by atoms with Gasteiger partial charge in [-0.05, 0) is 12.1 Å². The topological polar surface area (TPSA) is 102 Å².